The van der Waals surface area contributed by atoms with Gasteiger partial charge in [-0.05, 0) is 55.8 Å². The zero-order chi connectivity index (χ0) is 39.2. The number of anilines is 2. The number of β-amino-alcohol motifs (C(OH)–C–C–N with tert-alkyl or cyclic N) is 1. The number of nitrogens with zero attached hydrogens (tertiary/aromatic N) is 1. The molecule has 2 aliphatic rings. The number of alkyl halides is 3. The van der Waals surface area contributed by atoms with Crippen LogP contribution in [0.4, 0.5) is 24.5 Å². The molecule has 0 fully saturated rings. The van der Waals surface area contributed by atoms with E-state index >= 15 is 0 Å². The molecule has 3 aromatic carbocycles. The minimum absolute atomic E-state index is 0.00591. The fourth-order valence-electron chi connectivity index (χ4n) is 5.98. The van der Waals surface area contributed by atoms with Crippen LogP contribution in [0.3, 0.4) is 0 Å². The molecule has 1 heterocycles. The van der Waals surface area contributed by atoms with Crippen molar-refractivity contribution in [3.8, 4) is 0 Å². The molecule has 2 atom stereocenters. The Labute approximate surface area is 315 Å². The Morgan fingerprint density at radius 3 is 2.41 bits per heavy atom. The summed E-state index contributed by atoms with van der Waals surface area (Å²) in [6.45, 7) is 2.72. The third kappa shape index (κ3) is 10.1. The smallest absolute Gasteiger partial charge is 0.394 e. The molecule has 11 nitrogen and oxygen atoms in total. The molecule has 0 spiro atoms. The van der Waals surface area contributed by atoms with Crippen molar-refractivity contribution in [3.63, 3.8) is 0 Å². The monoisotopic (exact) mass is 784 g/mol. The van der Waals surface area contributed by atoms with Crippen LogP contribution in [-0.4, -0.2) is 84.4 Å². The number of hydrogen-bond donors (Lipinski definition) is 5. The quantitative estimate of drug-likeness (QED) is 0.167. The Bertz CT molecular complexity index is 2110. The van der Waals surface area contributed by atoms with Crippen LogP contribution in [0.25, 0.3) is 5.57 Å². The molecule has 0 radical (unpaired) electrons. The number of para-hydroxylation sites is 1. The first kappa shape index (κ1) is 40.4. The Kier molecular flexibility index (Phi) is 12.9. The van der Waals surface area contributed by atoms with Gasteiger partial charge in [-0.15, -0.1) is 11.8 Å². The molecule has 1 aliphatic carbocycles. The number of aliphatic hydroxyl groups excluding tert-OH is 2. The van der Waals surface area contributed by atoms with Gasteiger partial charge in [0.1, 0.15) is 6.04 Å². The van der Waals surface area contributed by atoms with Crippen LogP contribution in [0.2, 0.25) is 0 Å². The van der Waals surface area contributed by atoms with Gasteiger partial charge in [0.05, 0.1) is 28.8 Å². The second-order valence-electron chi connectivity index (χ2n) is 13.4. The Morgan fingerprint density at radius 1 is 1.02 bits per heavy atom. The molecule has 0 unspecified atom stereocenters. The van der Waals surface area contributed by atoms with Gasteiger partial charge in [0.2, 0.25) is 16.2 Å². The summed E-state index contributed by atoms with van der Waals surface area (Å²) in [7, 11) is -2.75. The molecule has 3 aromatic rings. The van der Waals surface area contributed by atoms with Crippen molar-refractivity contribution in [3.05, 3.63) is 107 Å². The number of carbonyl (C=O) groups is 3. The van der Waals surface area contributed by atoms with E-state index in [4.69, 9.17) is 5.11 Å². The number of allylic oxidation sites excluding steroid dienone is 3. The van der Waals surface area contributed by atoms with Crippen LogP contribution in [0.15, 0.2) is 95.4 Å². The van der Waals surface area contributed by atoms with Gasteiger partial charge in [-0.1, -0.05) is 48.6 Å². The number of nitrogens with one attached hydrogen (secondary N) is 3. The second-order valence-corrected chi connectivity index (χ2v) is 15.4. The van der Waals surface area contributed by atoms with Gasteiger partial charge in [0.25, 0.3) is 11.8 Å². The van der Waals surface area contributed by atoms with E-state index in [0.29, 0.717) is 28.0 Å². The SMILES string of the molecule is CC(C)(CC(=O)N[C@@H]1CSc2cc(C(F)(F)F)ccc2N(CC2=CC=C(c3ccccc3NC(=O)c3ccccc3)C(=S(=O)=O)C2)C1=O)NC[C@H](O)CO. The summed E-state index contributed by atoms with van der Waals surface area (Å²) in [5, 5.41) is 27.4. The van der Waals surface area contributed by atoms with E-state index in [1.807, 2.05) is 0 Å². The summed E-state index contributed by atoms with van der Waals surface area (Å²) in [6.07, 6.45) is -2.79. The van der Waals surface area contributed by atoms with Gasteiger partial charge in [-0.25, -0.2) is 0 Å². The van der Waals surface area contributed by atoms with Crippen LogP contribution in [0.1, 0.15) is 48.2 Å². The molecule has 0 saturated carbocycles. The molecule has 286 valence electrons. The predicted molar refractivity (Wildman–Crippen MR) is 202 cm³/mol. The lowest BCUT2D eigenvalue weighted by atomic mass is 9.91. The summed E-state index contributed by atoms with van der Waals surface area (Å²) in [4.78, 5) is 41.7. The lowest BCUT2D eigenvalue weighted by Crippen LogP contribution is -2.53. The number of carbonyl (C=O) groups excluding carboxylic acids is 3. The number of thioether (sulfide) groups is 1. The minimum atomic E-state index is -4.65. The summed E-state index contributed by atoms with van der Waals surface area (Å²) >= 11 is 0.979. The topological polar surface area (TPSA) is 165 Å². The largest absolute Gasteiger partial charge is 0.416 e. The van der Waals surface area contributed by atoms with Crippen LogP contribution in [-0.2, 0) is 26.1 Å². The molecule has 0 saturated heterocycles. The predicted octanol–water partition coefficient (Wildman–Crippen LogP) is 4.46. The zero-order valence-electron chi connectivity index (χ0n) is 29.3. The van der Waals surface area contributed by atoms with E-state index in [9.17, 15) is 41.1 Å². The van der Waals surface area contributed by atoms with Crippen LogP contribution in [0, 0.1) is 0 Å². The van der Waals surface area contributed by atoms with E-state index < -0.39 is 64.0 Å². The number of benzene rings is 3. The molecule has 0 aromatic heterocycles. The number of aliphatic hydroxyl groups is 2. The first-order chi connectivity index (χ1) is 25.6. The van der Waals surface area contributed by atoms with E-state index in [1.165, 1.54) is 11.0 Å². The lowest BCUT2D eigenvalue weighted by Gasteiger charge is -2.30. The van der Waals surface area contributed by atoms with E-state index in [0.717, 1.165) is 23.9 Å². The molecular formula is C38H39F3N4O7S2. The van der Waals surface area contributed by atoms with Crippen molar-refractivity contribution < 1.29 is 46.2 Å². The maximum atomic E-state index is 14.2. The molecule has 54 heavy (non-hydrogen) atoms. The van der Waals surface area contributed by atoms with Crippen molar-refractivity contribution in [2.45, 2.75) is 55.4 Å². The van der Waals surface area contributed by atoms with Gasteiger partial charge in [0.15, 0.2) is 0 Å². The van der Waals surface area contributed by atoms with E-state index in [-0.39, 0.29) is 47.1 Å². The van der Waals surface area contributed by atoms with Crippen molar-refractivity contribution in [1.82, 2.24) is 10.6 Å². The van der Waals surface area contributed by atoms with Crippen LogP contribution >= 0.6 is 11.8 Å². The summed E-state index contributed by atoms with van der Waals surface area (Å²) in [6, 6.07) is 17.0. The molecule has 16 heteroatoms. The zero-order valence-corrected chi connectivity index (χ0v) is 30.9. The molecule has 5 rings (SSSR count). The average Bonchev–Trinajstić information content (AvgIpc) is 3.26. The highest BCUT2D eigenvalue weighted by Crippen LogP contribution is 2.40. The van der Waals surface area contributed by atoms with Crippen molar-refractivity contribution in [2.24, 2.45) is 0 Å². The van der Waals surface area contributed by atoms with Crippen LogP contribution < -0.4 is 20.9 Å². The average molecular weight is 785 g/mol. The Morgan fingerprint density at radius 2 is 1.72 bits per heavy atom. The standard InChI is InChI=1S/C38H39F3N4O7S2/c1-37(2,42-19-26(47)21-46)18-34(48)43-30-22-53-32-17-25(38(39,40)41)13-15-31(32)45(36(30)50)20-23-12-14-28(33(16-23)54(51)52)27-10-6-7-11-29(27)44-35(49)24-8-4-3-5-9-24/h3-15,17,26,30,42,46-47H,16,18-22H2,1-2H3,(H,43,48)(H,44,49)/t26-,30+/m0/s1. The highest BCUT2D eigenvalue weighted by Gasteiger charge is 2.37. The fraction of sp³-hybridized carbons (Fsp3) is 0.316. The highest BCUT2D eigenvalue weighted by atomic mass is 32.2. The van der Waals surface area contributed by atoms with E-state index in [1.54, 1.807) is 80.6 Å². The second kappa shape index (κ2) is 17.2. The third-order valence-corrected chi connectivity index (χ3v) is 10.7. The van der Waals surface area contributed by atoms with Gasteiger partial charge in [0, 0.05) is 64.5 Å². The van der Waals surface area contributed by atoms with Gasteiger partial charge < -0.3 is 31.1 Å². The van der Waals surface area contributed by atoms with Crippen LogP contribution in [0.5, 0.6) is 0 Å². The van der Waals surface area contributed by atoms with Gasteiger partial charge in [-0.2, -0.15) is 21.6 Å². The molecule has 1 aliphatic heterocycles. The number of hydrogen-bond acceptors (Lipinski definition) is 9. The minimum Gasteiger partial charge on any atom is -0.394 e. The first-order valence-electron chi connectivity index (χ1n) is 16.9. The summed E-state index contributed by atoms with van der Waals surface area (Å²) < 4.78 is 66.6. The number of halogens is 3. The number of amides is 3. The maximum Gasteiger partial charge on any atom is 0.416 e. The summed E-state index contributed by atoms with van der Waals surface area (Å²) in [5.41, 5.74) is 0.378. The fourth-order valence-corrected chi connectivity index (χ4v) is 7.75. The van der Waals surface area contributed by atoms with Gasteiger partial charge in [-0.3, -0.25) is 14.4 Å². The maximum absolute atomic E-state index is 14.2. The number of fused-ring (bicyclic) bond motifs is 1. The van der Waals surface area contributed by atoms with Crippen molar-refractivity contribution >= 4 is 61.6 Å². The van der Waals surface area contributed by atoms with Crippen molar-refractivity contribution in [2.75, 3.05) is 35.7 Å². The first-order valence-corrected chi connectivity index (χ1v) is 18.9. The molecule has 5 N–H and O–H groups in total. The van der Waals surface area contributed by atoms with Gasteiger partial charge >= 0.3 is 6.18 Å². The molecule has 0 bridgehead atoms. The summed E-state index contributed by atoms with van der Waals surface area (Å²) in [5.74, 6) is -1.62. The highest BCUT2D eigenvalue weighted by molar-refractivity contribution is 7.99. The molecular weight excluding hydrogens is 746 g/mol. The Hall–Kier alpha value is -4.74. The normalized spacial score (nSPS) is 16.8. The number of rotatable bonds is 12. The molecule has 3 amide bonds. The van der Waals surface area contributed by atoms with E-state index in [2.05, 4.69) is 16.0 Å². The Balaban J connectivity index is 1.45. The third-order valence-electron chi connectivity index (χ3n) is 8.75. The lowest BCUT2D eigenvalue weighted by molar-refractivity contribution is -0.137. The van der Waals surface area contributed by atoms with Crippen molar-refractivity contribution in [1.29, 1.82) is 0 Å².